The molecular weight excluding hydrogens is 172 g/mol. The molecule has 12 heavy (non-hydrogen) atoms. The van der Waals surface area contributed by atoms with Crippen LogP contribution in [0, 0.1) is 0 Å². The maximum Gasteiger partial charge on any atom is 0.134 e. The molecule has 2 rings (SSSR count). The number of aldehydes is 1. The Morgan fingerprint density at radius 3 is 2.92 bits per heavy atom. The number of phenols is 1. The molecule has 1 saturated heterocycles. The molecule has 1 aromatic carbocycles. The summed E-state index contributed by atoms with van der Waals surface area (Å²) in [6, 6.07) is 7.07. The highest BCUT2D eigenvalue weighted by Gasteiger charge is 2.39. The topological polar surface area (TPSA) is 37.3 Å². The Morgan fingerprint density at radius 2 is 2.33 bits per heavy atom. The van der Waals surface area contributed by atoms with Gasteiger partial charge in [-0.3, -0.25) is 0 Å². The first kappa shape index (κ1) is 7.68. The van der Waals surface area contributed by atoms with E-state index in [-0.39, 0.29) is 16.2 Å². The van der Waals surface area contributed by atoms with Gasteiger partial charge in [0, 0.05) is 5.25 Å². The molecule has 2 nitrogen and oxygen atoms in total. The van der Waals surface area contributed by atoms with Crippen LogP contribution in [0.3, 0.4) is 0 Å². The van der Waals surface area contributed by atoms with E-state index in [0.717, 1.165) is 11.8 Å². The molecule has 0 aromatic heterocycles. The number of hydrogen-bond donors (Lipinski definition) is 1. The lowest BCUT2D eigenvalue weighted by atomic mass is 10.1. The minimum atomic E-state index is 0.104. The summed E-state index contributed by atoms with van der Waals surface area (Å²) in [5.41, 5.74) is 1.04. The molecule has 1 aliphatic heterocycles. The third-order valence-corrected chi connectivity index (χ3v) is 3.10. The van der Waals surface area contributed by atoms with Crippen molar-refractivity contribution in [3.05, 3.63) is 29.8 Å². The Labute approximate surface area is 74.6 Å². The standard InChI is InChI=1S/C9H8O2S/c10-5-8-9(12-8)6-2-1-3-7(11)4-6/h1-5,8-9,11H. The van der Waals surface area contributed by atoms with E-state index < -0.39 is 0 Å². The smallest absolute Gasteiger partial charge is 0.134 e. The molecule has 1 fully saturated rings. The third-order valence-electron chi connectivity index (χ3n) is 1.86. The van der Waals surface area contributed by atoms with Crippen molar-refractivity contribution in [3.63, 3.8) is 0 Å². The van der Waals surface area contributed by atoms with Gasteiger partial charge in [-0.05, 0) is 17.7 Å². The monoisotopic (exact) mass is 180 g/mol. The van der Waals surface area contributed by atoms with Crippen LogP contribution >= 0.6 is 11.8 Å². The van der Waals surface area contributed by atoms with Crippen molar-refractivity contribution in [1.82, 2.24) is 0 Å². The normalized spacial score (nSPS) is 26.7. The van der Waals surface area contributed by atoms with Crippen LogP contribution in [0.25, 0.3) is 0 Å². The lowest BCUT2D eigenvalue weighted by Gasteiger charge is -1.96. The zero-order chi connectivity index (χ0) is 8.55. The summed E-state index contributed by atoms with van der Waals surface area (Å²) in [7, 11) is 0. The fourth-order valence-electron chi connectivity index (χ4n) is 1.20. The van der Waals surface area contributed by atoms with Crippen LogP contribution in [0.15, 0.2) is 24.3 Å². The Morgan fingerprint density at radius 1 is 1.50 bits per heavy atom. The van der Waals surface area contributed by atoms with Gasteiger partial charge >= 0.3 is 0 Å². The second kappa shape index (κ2) is 2.83. The van der Waals surface area contributed by atoms with Crippen molar-refractivity contribution in [1.29, 1.82) is 0 Å². The van der Waals surface area contributed by atoms with Gasteiger partial charge in [0.15, 0.2) is 0 Å². The van der Waals surface area contributed by atoms with Crippen molar-refractivity contribution in [2.75, 3.05) is 0 Å². The van der Waals surface area contributed by atoms with Crippen LogP contribution in [0.2, 0.25) is 0 Å². The van der Waals surface area contributed by atoms with Crippen LogP contribution < -0.4 is 0 Å². The second-order valence-electron chi connectivity index (χ2n) is 2.75. The minimum absolute atomic E-state index is 0.104. The predicted octanol–water partition coefficient (Wildman–Crippen LogP) is 1.75. The Kier molecular flexibility index (Phi) is 1.81. The molecule has 0 spiro atoms. The molecule has 3 heteroatoms. The van der Waals surface area contributed by atoms with Crippen molar-refractivity contribution in [2.24, 2.45) is 0 Å². The van der Waals surface area contributed by atoms with E-state index in [1.54, 1.807) is 30.0 Å². The number of thioether (sulfide) groups is 1. The SMILES string of the molecule is O=CC1SC1c1cccc(O)c1. The number of carbonyl (C=O) groups is 1. The molecular formula is C9H8O2S. The predicted molar refractivity (Wildman–Crippen MR) is 48.3 cm³/mol. The molecule has 62 valence electrons. The van der Waals surface area contributed by atoms with Crippen molar-refractivity contribution >= 4 is 18.0 Å². The van der Waals surface area contributed by atoms with Crippen molar-refractivity contribution < 1.29 is 9.90 Å². The average Bonchev–Trinajstić information content (AvgIpc) is 2.83. The van der Waals surface area contributed by atoms with E-state index in [1.807, 2.05) is 6.07 Å². The summed E-state index contributed by atoms with van der Waals surface area (Å²) in [5, 5.41) is 9.53. The van der Waals surface area contributed by atoms with E-state index >= 15 is 0 Å². The van der Waals surface area contributed by atoms with E-state index in [1.165, 1.54) is 0 Å². The number of phenolic OH excluding ortho intramolecular Hbond substituents is 1. The maximum atomic E-state index is 10.4. The third kappa shape index (κ3) is 1.32. The van der Waals surface area contributed by atoms with Crippen molar-refractivity contribution in [3.8, 4) is 5.75 Å². The van der Waals surface area contributed by atoms with E-state index in [9.17, 15) is 4.79 Å². The highest BCUT2D eigenvalue weighted by atomic mass is 32.2. The summed E-state index contributed by atoms with van der Waals surface area (Å²) >= 11 is 1.62. The zero-order valence-corrected chi connectivity index (χ0v) is 7.12. The van der Waals surface area contributed by atoms with Crippen LogP contribution in [-0.4, -0.2) is 16.6 Å². The van der Waals surface area contributed by atoms with Crippen LogP contribution in [0.1, 0.15) is 10.8 Å². The summed E-state index contributed by atoms with van der Waals surface area (Å²) in [5.74, 6) is 0.268. The number of benzene rings is 1. The number of hydrogen-bond acceptors (Lipinski definition) is 3. The van der Waals surface area contributed by atoms with E-state index in [2.05, 4.69) is 0 Å². The molecule has 0 bridgehead atoms. The minimum Gasteiger partial charge on any atom is -0.508 e. The first-order valence-electron chi connectivity index (χ1n) is 3.71. The molecule has 1 N–H and O–H groups in total. The zero-order valence-electron chi connectivity index (χ0n) is 6.31. The highest BCUT2D eigenvalue weighted by Crippen LogP contribution is 2.53. The van der Waals surface area contributed by atoms with Gasteiger partial charge in [0.1, 0.15) is 12.0 Å². The Hall–Kier alpha value is -0.960. The fraction of sp³-hybridized carbons (Fsp3) is 0.222. The average molecular weight is 180 g/mol. The first-order chi connectivity index (χ1) is 5.81. The summed E-state index contributed by atoms with van der Waals surface area (Å²) in [4.78, 5) is 10.4. The maximum absolute atomic E-state index is 10.4. The van der Waals surface area contributed by atoms with Gasteiger partial charge in [-0.15, -0.1) is 11.8 Å². The van der Waals surface area contributed by atoms with Crippen molar-refractivity contribution in [2.45, 2.75) is 10.5 Å². The molecule has 0 radical (unpaired) electrons. The van der Waals surface area contributed by atoms with Crippen LogP contribution in [-0.2, 0) is 4.79 Å². The van der Waals surface area contributed by atoms with Gasteiger partial charge in [0.05, 0.1) is 5.25 Å². The molecule has 0 amide bonds. The van der Waals surface area contributed by atoms with Gasteiger partial charge in [-0.1, -0.05) is 12.1 Å². The first-order valence-corrected chi connectivity index (χ1v) is 4.65. The second-order valence-corrected chi connectivity index (χ2v) is 4.08. The number of aromatic hydroxyl groups is 1. The highest BCUT2D eigenvalue weighted by molar-refractivity contribution is 8.08. The van der Waals surface area contributed by atoms with Crippen LogP contribution in [0.5, 0.6) is 5.75 Å². The molecule has 0 aliphatic carbocycles. The van der Waals surface area contributed by atoms with Gasteiger partial charge < -0.3 is 9.90 Å². The van der Waals surface area contributed by atoms with Gasteiger partial charge in [0.2, 0.25) is 0 Å². The Bertz CT molecular complexity index is 311. The lowest BCUT2D eigenvalue weighted by molar-refractivity contribution is -0.106. The largest absolute Gasteiger partial charge is 0.508 e. The number of carbonyl (C=O) groups excluding carboxylic acids is 1. The Balaban J connectivity index is 2.19. The summed E-state index contributed by atoms with van der Waals surface area (Å²) < 4.78 is 0. The molecule has 1 aromatic rings. The molecule has 1 aliphatic rings. The summed E-state index contributed by atoms with van der Waals surface area (Å²) in [6.45, 7) is 0. The van der Waals surface area contributed by atoms with Gasteiger partial charge in [-0.2, -0.15) is 0 Å². The lowest BCUT2D eigenvalue weighted by Crippen LogP contribution is -1.88. The fourth-order valence-corrected chi connectivity index (χ4v) is 2.03. The van der Waals surface area contributed by atoms with Gasteiger partial charge in [0.25, 0.3) is 0 Å². The molecule has 0 saturated carbocycles. The quantitative estimate of drug-likeness (QED) is 0.556. The molecule has 2 unspecified atom stereocenters. The summed E-state index contributed by atoms with van der Waals surface area (Å²) in [6.07, 6.45) is 0.958. The van der Waals surface area contributed by atoms with E-state index in [0.29, 0.717) is 0 Å². The van der Waals surface area contributed by atoms with Crippen LogP contribution in [0.4, 0.5) is 0 Å². The van der Waals surface area contributed by atoms with E-state index in [4.69, 9.17) is 5.11 Å². The van der Waals surface area contributed by atoms with Gasteiger partial charge in [-0.25, -0.2) is 0 Å². The molecule has 2 atom stereocenters. The number of rotatable bonds is 2. The molecule has 1 heterocycles.